The van der Waals surface area contributed by atoms with Crippen molar-refractivity contribution in [3.8, 4) is 0 Å². The smallest absolute Gasteiger partial charge is 0.0701 e. The lowest BCUT2D eigenvalue weighted by Gasteiger charge is -2.08. The van der Waals surface area contributed by atoms with Gasteiger partial charge in [-0.25, -0.2) is 0 Å². The SMILES string of the molecule is COCCOCCOCCC(C)CN. The lowest BCUT2D eigenvalue weighted by Crippen LogP contribution is -2.14. The average molecular weight is 205 g/mol. The van der Waals surface area contributed by atoms with Crippen LogP contribution in [0.15, 0.2) is 0 Å². The number of hydrogen-bond acceptors (Lipinski definition) is 4. The molecule has 0 aliphatic rings. The first-order valence-corrected chi connectivity index (χ1v) is 5.15. The third kappa shape index (κ3) is 9.92. The van der Waals surface area contributed by atoms with E-state index in [0.717, 1.165) is 19.6 Å². The van der Waals surface area contributed by atoms with E-state index in [2.05, 4.69) is 6.92 Å². The van der Waals surface area contributed by atoms with Gasteiger partial charge in [-0.3, -0.25) is 0 Å². The maximum atomic E-state index is 5.47. The van der Waals surface area contributed by atoms with Crippen molar-refractivity contribution in [1.29, 1.82) is 0 Å². The number of nitrogens with two attached hydrogens (primary N) is 1. The second-order valence-electron chi connectivity index (χ2n) is 3.35. The van der Waals surface area contributed by atoms with E-state index in [1.807, 2.05) is 0 Å². The normalized spacial score (nSPS) is 13.1. The van der Waals surface area contributed by atoms with Gasteiger partial charge < -0.3 is 19.9 Å². The minimum atomic E-state index is 0.546. The molecule has 2 N–H and O–H groups in total. The highest BCUT2D eigenvalue weighted by molar-refractivity contribution is 4.51. The first-order chi connectivity index (χ1) is 6.81. The zero-order valence-corrected chi connectivity index (χ0v) is 9.33. The van der Waals surface area contributed by atoms with E-state index in [1.165, 1.54) is 0 Å². The highest BCUT2D eigenvalue weighted by Gasteiger charge is 1.97. The molecule has 14 heavy (non-hydrogen) atoms. The Morgan fingerprint density at radius 1 is 1.00 bits per heavy atom. The molecule has 0 aliphatic heterocycles. The fourth-order valence-corrected chi connectivity index (χ4v) is 0.867. The van der Waals surface area contributed by atoms with Gasteiger partial charge in [0.1, 0.15) is 0 Å². The van der Waals surface area contributed by atoms with Crippen LogP contribution in [-0.2, 0) is 14.2 Å². The minimum Gasteiger partial charge on any atom is -0.382 e. The quantitative estimate of drug-likeness (QED) is 0.532. The average Bonchev–Trinajstić information content (AvgIpc) is 2.21. The predicted octanol–water partition coefficient (Wildman–Crippen LogP) is 0.651. The second kappa shape index (κ2) is 10.9. The highest BCUT2D eigenvalue weighted by atomic mass is 16.5. The van der Waals surface area contributed by atoms with E-state index in [0.29, 0.717) is 32.3 Å². The van der Waals surface area contributed by atoms with Crippen molar-refractivity contribution in [3.05, 3.63) is 0 Å². The van der Waals surface area contributed by atoms with Crippen LogP contribution in [-0.4, -0.2) is 46.7 Å². The lowest BCUT2D eigenvalue weighted by molar-refractivity contribution is 0.0224. The molecule has 86 valence electrons. The second-order valence-corrected chi connectivity index (χ2v) is 3.35. The molecule has 4 heteroatoms. The Kier molecular flexibility index (Phi) is 10.8. The number of methoxy groups -OCH3 is 1. The molecule has 0 amide bonds. The molecule has 0 saturated heterocycles. The molecule has 0 aromatic rings. The Morgan fingerprint density at radius 2 is 1.57 bits per heavy atom. The third-order valence-corrected chi connectivity index (χ3v) is 1.96. The van der Waals surface area contributed by atoms with E-state index >= 15 is 0 Å². The Balaban J connectivity index is 2.92. The molecule has 0 spiro atoms. The van der Waals surface area contributed by atoms with Crippen molar-refractivity contribution >= 4 is 0 Å². The van der Waals surface area contributed by atoms with Gasteiger partial charge in [-0.05, 0) is 18.9 Å². The summed E-state index contributed by atoms with van der Waals surface area (Å²) in [6.07, 6.45) is 1.02. The van der Waals surface area contributed by atoms with Crippen LogP contribution in [0.2, 0.25) is 0 Å². The van der Waals surface area contributed by atoms with Gasteiger partial charge >= 0.3 is 0 Å². The largest absolute Gasteiger partial charge is 0.382 e. The molecular formula is C10H23NO3. The summed E-state index contributed by atoms with van der Waals surface area (Å²) in [5.74, 6) is 0.546. The Labute approximate surface area is 86.7 Å². The van der Waals surface area contributed by atoms with E-state index in [4.69, 9.17) is 19.9 Å². The molecular weight excluding hydrogens is 182 g/mol. The molecule has 0 aliphatic carbocycles. The fraction of sp³-hybridized carbons (Fsp3) is 1.00. The van der Waals surface area contributed by atoms with Crippen molar-refractivity contribution in [3.63, 3.8) is 0 Å². The molecule has 0 aromatic heterocycles. The summed E-state index contributed by atoms with van der Waals surface area (Å²) in [7, 11) is 1.66. The highest BCUT2D eigenvalue weighted by Crippen LogP contribution is 1.98. The van der Waals surface area contributed by atoms with Crippen LogP contribution >= 0.6 is 0 Å². The summed E-state index contributed by atoms with van der Waals surface area (Å²) in [4.78, 5) is 0. The topological polar surface area (TPSA) is 53.7 Å². The number of rotatable bonds is 10. The zero-order valence-electron chi connectivity index (χ0n) is 9.33. The lowest BCUT2D eigenvalue weighted by atomic mass is 10.1. The summed E-state index contributed by atoms with van der Waals surface area (Å²) in [5, 5.41) is 0. The van der Waals surface area contributed by atoms with Crippen molar-refractivity contribution in [2.45, 2.75) is 13.3 Å². The maximum Gasteiger partial charge on any atom is 0.0701 e. The number of hydrogen-bond donors (Lipinski definition) is 1. The van der Waals surface area contributed by atoms with Crippen molar-refractivity contribution in [1.82, 2.24) is 0 Å². The van der Waals surface area contributed by atoms with E-state index in [-0.39, 0.29) is 0 Å². The fourth-order valence-electron chi connectivity index (χ4n) is 0.867. The Bertz CT molecular complexity index is 112. The van der Waals surface area contributed by atoms with Gasteiger partial charge in [0.2, 0.25) is 0 Å². The van der Waals surface area contributed by atoms with E-state index in [1.54, 1.807) is 7.11 Å². The minimum absolute atomic E-state index is 0.546. The molecule has 0 heterocycles. The molecule has 0 saturated carbocycles. The molecule has 1 unspecified atom stereocenters. The molecule has 0 fully saturated rings. The van der Waals surface area contributed by atoms with Gasteiger partial charge in [-0.15, -0.1) is 0 Å². The summed E-state index contributed by atoms with van der Waals surface area (Å²) < 4.78 is 15.4. The molecule has 0 bridgehead atoms. The molecule has 0 radical (unpaired) electrons. The van der Waals surface area contributed by atoms with Gasteiger partial charge in [-0.1, -0.05) is 6.92 Å². The maximum absolute atomic E-state index is 5.47. The third-order valence-electron chi connectivity index (χ3n) is 1.96. The first-order valence-electron chi connectivity index (χ1n) is 5.15. The van der Waals surface area contributed by atoms with E-state index in [9.17, 15) is 0 Å². The van der Waals surface area contributed by atoms with Crippen LogP contribution in [0, 0.1) is 5.92 Å². The van der Waals surface area contributed by atoms with Crippen LogP contribution in [0.4, 0.5) is 0 Å². The summed E-state index contributed by atoms with van der Waals surface area (Å²) in [5.41, 5.74) is 5.47. The summed E-state index contributed by atoms with van der Waals surface area (Å²) in [6, 6.07) is 0. The van der Waals surface area contributed by atoms with Crippen LogP contribution in [0.1, 0.15) is 13.3 Å². The van der Waals surface area contributed by atoms with Gasteiger partial charge in [-0.2, -0.15) is 0 Å². The molecule has 0 rings (SSSR count). The van der Waals surface area contributed by atoms with Crippen molar-refractivity contribution in [2.75, 3.05) is 46.7 Å². The molecule has 4 nitrogen and oxygen atoms in total. The summed E-state index contributed by atoms with van der Waals surface area (Å²) >= 11 is 0. The van der Waals surface area contributed by atoms with E-state index < -0.39 is 0 Å². The van der Waals surface area contributed by atoms with Crippen LogP contribution in [0.25, 0.3) is 0 Å². The van der Waals surface area contributed by atoms with Crippen molar-refractivity contribution in [2.24, 2.45) is 11.7 Å². The first kappa shape index (κ1) is 13.8. The Morgan fingerprint density at radius 3 is 2.14 bits per heavy atom. The number of ether oxygens (including phenoxy) is 3. The standard InChI is InChI=1S/C10H23NO3/c1-10(9-11)3-4-13-7-8-14-6-5-12-2/h10H,3-9,11H2,1-2H3. The Hall–Kier alpha value is -0.160. The zero-order chi connectivity index (χ0) is 10.6. The predicted molar refractivity (Wildman–Crippen MR) is 56.3 cm³/mol. The van der Waals surface area contributed by atoms with Crippen LogP contribution < -0.4 is 5.73 Å². The molecule has 0 aromatic carbocycles. The van der Waals surface area contributed by atoms with Crippen molar-refractivity contribution < 1.29 is 14.2 Å². The molecule has 1 atom stereocenters. The van der Waals surface area contributed by atoms with Gasteiger partial charge in [0.25, 0.3) is 0 Å². The summed E-state index contributed by atoms with van der Waals surface area (Å²) in [6.45, 7) is 6.20. The van der Waals surface area contributed by atoms with Crippen LogP contribution in [0.3, 0.4) is 0 Å². The van der Waals surface area contributed by atoms with Gasteiger partial charge in [0, 0.05) is 13.7 Å². The monoisotopic (exact) mass is 205 g/mol. The van der Waals surface area contributed by atoms with Gasteiger partial charge in [0.15, 0.2) is 0 Å². The van der Waals surface area contributed by atoms with Crippen LogP contribution in [0.5, 0.6) is 0 Å². The van der Waals surface area contributed by atoms with Gasteiger partial charge in [0.05, 0.1) is 26.4 Å².